The molecule has 31 heavy (non-hydrogen) atoms. The molecule has 3 N–H and O–H groups in total. The lowest BCUT2D eigenvalue weighted by atomic mass is 10.1. The van der Waals surface area contributed by atoms with E-state index >= 15 is 0 Å². The van der Waals surface area contributed by atoms with E-state index in [0.717, 1.165) is 24.6 Å². The Morgan fingerprint density at radius 1 is 0.935 bits per heavy atom. The van der Waals surface area contributed by atoms with Crippen molar-refractivity contribution in [1.82, 2.24) is 16.0 Å². The zero-order valence-electron chi connectivity index (χ0n) is 18.7. The summed E-state index contributed by atoms with van der Waals surface area (Å²) in [6.07, 6.45) is 0. The first-order valence-corrected chi connectivity index (χ1v) is 10.6. The molecule has 1 unspecified atom stereocenters. The number of halogens is 1. The molecule has 0 aliphatic carbocycles. The van der Waals surface area contributed by atoms with Crippen molar-refractivity contribution in [1.29, 1.82) is 0 Å². The molecule has 1 amide bonds. The molecule has 2 rings (SSSR count). The van der Waals surface area contributed by atoms with E-state index in [-0.39, 0.29) is 29.9 Å². The predicted molar refractivity (Wildman–Crippen MR) is 138 cm³/mol. The maximum atomic E-state index is 11.8. The van der Waals surface area contributed by atoms with Crippen LogP contribution in [-0.2, 0) is 17.9 Å². The Hall–Kier alpha value is -2.13. The summed E-state index contributed by atoms with van der Waals surface area (Å²) >= 11 is 0. The van der Waals surface area contributed by atoms with Crippen LogP contribution in [0.2, 0.25) is 0 Å². The number of aliphatic imine (C=N–C) groups is 1. The molecule has 7 heteroatoms. The van der Waals surface area contributed by atoms with Gasteiger partial charge < -0.3 is 20.7 Å². The van der Waals surface area contributed by atoms with Crippen molar-refractivity contribution in [2.45, 2.75) is 33.9 Å². The van der Waals surface area contributed by atoms with E-state index < -0.39 is 0 Å². The van der Waals surface area contributed by atoms with Gasteiger partial charge in [0.15, 0.2) is 5.96 Å². The summed E-state index contributed by atoms with van der Waals surface area (Å²) < 4.78 is 5.82. The van der Waals surface area contributed by atoms with E-state index in [4.69, 9.17) is 4.74 Å². The fraction of sp³-hybridized carbons (Fsp3) is 0.417. The number of benzene rings is 2. The maximum Gasteiger partial charge on any atom is 0.251 e. The monoisotopic (exact) mass is 538 g/mol. The van der Waals surface area contributed by atoms with Gasteiger partial charge in [-0.05, 0) is 43.0 Å². The molecule has 6 nitrogen and oxygen atoms in total. The minimum Gasteiger partial charge on any atom is -0.376 e. The zero-order chi connectivity index (χ0) is 21.6. The average Bonchev–Trinajstić information content (AvgIpc) is 2.77. The van der Waals surface area contributed by atoms with Crippen molar-refractivity contribution in [3.63, 3.8) is 0 Å². The number of nitrogens with zero attached hydrogens (tertiary/aromatic N) is 1. The first-order chi connectivity index (χ1) is 14.6. The van der Waals surface area contributed by atoms with Crippen LogP contribution in [0, 0.1) is 5.92 Å². The molecular formula is C24H35IN4O2. The van der Waals surface area contributed by atoms with E-state index in [1.54, 1.807) is 0 Å². The van der Waals surface area contributed by atoms with Crippen LogP contribution >= 0.6 is 24.0 Å². The molecule has 0 saturated carbocycles. The zero-order valence-corrected chi connectivity index (χ0v) is 21.0. The normalized spacial score (nSPS) is 11.9. The van der Waals surface area contributed by atoms with Gasteiger partial charge in [-0.25, -0.2) is 4.99 Å². The lowest BCUT2D eigenvalue weighted by Gasteiger charge is -2.16. The molecule has 0 fully saturated rings. The quantitative estimate of drug-likeness (QED) is 0.230. The van der Waals surface area contributed by atoms with E-state index in [2.05, 4.69) is 40.0 Å². The lowest BCUT2D eigenvalue weighted by Crippen LogP contribution is -2.40. The molecule has 0 spiro atoms. The molecule has 1 atom stereocenters. The van der Waals surface area contributed by atoms with Crippen LogP contribution in [0.4, 0.5) is 0 Å². The highest BCUT2D eigenvalue weighted by molar-refractivity contribution is 14.0. The summed E-state index contributed by atoms with van der Waals surface area (Å²) in [5.41, 5.74) is 2.91. The van der Waals surface area contributed by atoms with Crippen LogP contribution in [-0.4, -0.2) is 38.1 Å². The lowest BCUT2D eigenvalue weighted by molar-refractivity contribution is 0.0931. The first-order valence-electron chi connectivity index (χ1n) is 10.6. The molecule has 2 aromatic carbocycles. The van der Waals surface area contributed by atoms with Crippen LogP contribution in [0.1, 0.15) is 42.3 Å². The van der Waals surface area contributed by atoms with Gasteiger partial charge in [-0.1, -0.05) is 49.4 Å². The summed E-state index contributed by atoms with van der Waals surface area (Å²) in [5.74, 6) is 1.08. The molecule has 0 aromatic heterocycles. The third kappa shape index (κ3) is 10.6. The predicted octanol–water partition coefficient (Wildman–Crippen LogP) is 3.96. The van der Waals surface area contributed by atoms with Crippen LogP contribution in [0.25, 0.3) is 0 Å². The second-order valence-electron chi connectivity index (χ2n) is 7.24. The largest absolute Gasteiger partial charge is 0.376 e. The molecule has 2 aromatic rings. The molecule has 0 heterocycles. The molecule has 170 valence electrons. The van der Waals surface area contributed by atoms with Crippen LogP contribution in [0.5, 0.6) is 0 Å². The third-order valence-electron chi connectivity index (χ3n) is 4.45. The van der Waals surface area contributed by atoms with Gasteiger partial charge in [-0.2, -0.15) is 0 Å². The van der Waals surface area contributed by atoms with E-state index in [0.29, 0.717) is 37.8 Å². The first kappa shape index (κ1) is 26.9. The summed E-state index contributed by atoms with van der Waals surface area (Å²) in [6.45, 7) is 10.2. The van der Waals surface area contributed by atoms with E-state index in [9.17, 15) is 4.79 Å². The smallest absolute Gasteiger partial charge is 0.251 e. The summed E-state index contributed by atoms with van der Waals surface area (Å²) in [7, 11) is 0. The Bertz CT molecular complexity index is 782. The average molecular weight is 538 g/mol. The minimum atomic E-state index is -0.0500. The fourth-order valence-corrected chi connectivity index (χ4v) is 2.82. The second kappa shape index (κ2) is 15.6. The number of rotatable bonds is 11. The fourth-order valence-electron chi connectivity index (χ4n) is 2.82. The highest BCUT2D eigenvalue weighted by atomic mass is 127. The van der Waals surface area contributed by atoms with Crippen LogP contribution < -0.4 is 16.0 Å². The van der Waals surface area contributed by atoms with Crippen molar-refractivity contribution in [2.75, 3.05) is 26.2 Å². The number of nitrogens with one attached hydrogen (secondary N) is 3. The molecular weight excluding hydrogens is 503 g/mol. The Morgan fingerprint density at radius 2 is 1.61 bits per heavy atom. The highest BCUT2D eigenvalue weighted by Crippen LogP contribution is 2.06. The van der Waals surface area contributed by atoms with Crippen molar-refractivity contribution in [2.24, 2.45) is 10.9 Å². The molecule has 0 aliphatic heterocycles. The SMILES string of the molecule is CCNC(=O)c1ccc(CN=C(NCC)NCC(C)COCc2ccccc2)cc1.I. The molecule has 0 radical (unpaired) electrons. The number of carbonyl (C=O) groups excluding carboxylic acids is 1. The number of ether oxygens (including phenoxy) is 1. The van der Waals surface area contributed by atoms with Gasteiger partial charge in [0.05, 0.1) is 19.8 Å². The second-order valence-corrected chi connectivity index (χ2v) is 7.24. The maximum absolute atomic E-state index is 11.8. The molecule has 0 aliphatic rings. The number of hydrogen-bond donors (Lipinski definition) is 3. The molecule has 0 saturated heterocycles. The van der Waals surface area contributed by atoms with Crippen molar-refractivity contribution in [3.8, 4) is 0 Å². The Morgan fingerprint density at radius 3 is 2.26 bits per heavy atom. The van der Waals surface area contributed by atoms with E-state index in [1.807, 2.05) is 56.3 Å². The topological polar surface area (TPSA) is 74.8 Å². The Labute approximate surface area is 203 Å². The Kier molecular flexibility index (Phi) is 13.6. The summed E-state index contributed by atoms with van der Waals surface area (Å²) in [5, 5.41) is 9.45. The van der Waals surface area contributed by atoms with Crippen molar-refractivity contribution < 1.29 is 9.53 Å². The number of guanidine groups is 1. The minimum absolute atomic E-state index is 0. The van der Waals surface area contributed by atoms with Gasteiger partial charge in [-0.3, -0.25) is 4.79 Å². The Balaban J connectivity index is 0.00000480. The van der Waals surface area contributed by atoms with Crippen molar-refractivity contribution >= 4 is 35.8 Å². The van der Waals surface area contributed by atoms with Gasteiger partial charge in [0.1, 0.15) is 0 Å². The third-order valence-corrected chi connectivity index (χ3v) is 4.45. The number of hydrogen-bond acceptors (Lipinski definition) is 3. The van der Waals surface area contributed by atoms with Gasteiger partial charge in [-0.15, -0.1) is 24.0 Å². The van der Waals surface area contributed by atoms with Gasteiger partial charge in [0.2, 0.25) is 0 Å². The van der Waals surface area contributed by atoms with Gasteiger partial charge in [0, 0.05) is 25.2 Å². The summed E-state index contributed by atoms with van der Waals surface area (Å²) in [4.78, 5) is 16.5. The van der Waals surface area contributed by atoms with Gasteiger partial charge >= 0.3 is 0 Å². The molecule has 0 bridgehead atoms. The summed E-state index contributed by atoms with van der Waals surface area (Å²) in [6, 6.07) is 17.8. The van der Waals surface area contributed by atoms with Crippen LogP contribution in [0.3, 0.4) is 0 Å². The number of amides is 1. The number of carbonyl (C=O) groups is 1. The van der Waals surface area contributed by atoms with Crippen molar-refractivity contribution in [3.05, 3.63) is 71.3 Å². The van der Waals surface area contributed by atoms with E-state index in [1.165, 1.54) is 5.56 Å². The highest BCUT2D eigenvalue weighted by Gasteiger charge is 2.06. The standard InChI is InChI=1S/C24H34N4O2.HI/c1-4-25-23(29)22-13-11-20(12-14-22)16-28-24(26-5-2)27-15-19(3)17-30-18-21-9-7-6-8-10-21;/h6-14,19H,4-5,15-18H2,1-3H3,(H,25,29)(H2,26,27,28);1H. The van der Waals surface area contributed by atoms with Gasteiger partial charge in [0.25, 0.3) is 5.91 Å². The van der Waals surface area contributed by atoms with Crippen LogP contribution in [0.15, 0.2) is 59.6 Å².